The minimum absolute atomic E-state index is 0.376. The maximum atomic E-state index is 5.78. The molecule has 1 N–H and O–H groups in total. The van der Waals surface area contributed by atoms with Crippen LogP contribution in [0.2, 0.25) is 0 Å². The molecule has 1 aromatic rings. The Hall–Kier alpha value is -0.650. The third-order valence-corrected chi connectivity index (χ3v) is 4.57. The highest BCUT2D eigenvalue weighted by molar-refractivity contribution is 7.15. The summed E-state index contributed by atoms with van der Waals surface area (Å²) >= 11 is 1.78. The Balaban J connectivity index is 1.95. The molecule has 2 heterocycles. The maximum Gasteiger partial charge on any atom is 0.185 e. The summed E-state index contributed by atoms with van der Waals surface area (Å²) in [6.45, 7) is 4.85. The third-order valence-electron chi connectivity index (χ3n) is 3.30. The van der Waals surface area contributed by atoms with Crippen LogP contribution in [-0.4, -0.2) is 38.3 Å². The average Bonchev–Trinajstić information content (AvgIpc) is 2.73. The van der Waals surface area contributed by atoms with E-state index < -0.39 is 0 Å². The number of rotatable bonds is 5. The van der Waals surface area contributed by atoms with Crippen LogP contribution in [-0.2, 0) is 11.3 Å². The maximum absolute atomic E-state index is 5.78. The van der Waals surface area contributed by atoms with Crippen LogP contribution in [0.4, 0.5) is 5.13 Å². The van der Waals surface area contributed by atoms with Gasteiger partial charge in [-0.3, -0.25) is 0 Å². The highest BCUT2D eigenvalue weighted by atomic mass is 32.1. The second-order valence-electron chi connectivity index (χ2n) is 4.90. The predicted molar refractivity (Wildman–Crippen MR) is 76.5 cm³/mol. The summed E-state index contributed by atoms with van der Waals surface area (Å²) in [5, 5.41) is 4.29. The first-order valence-electron chi connectivity index (χ1n) is 6.64. The molecule has 18 heavy (non-hydrogen) atoms. The van der Waals surface area contributed by atoms with E-state index in [4.69, 9.17) is 4.74 Å². The monoisotopic (exact) mass is 269 g/mol. The zero-order valence-corrected chi connectivity index (χ0v) is 12.3. The fourth-order valence-corrected chi connectivity index (χ4v) is 3.28. The van der Waals surface area contributed by atoms with Gasteiger partial charge in [-0.2, -0.15) is 0 Å². The van der Waals surface area contributed by atoms with Crippen LogP contribution >= 0.6 is 11.3 Å². The molecule has 1 atom stereocenters. The van der Waals surface area contributed by atoms with Crippen molar-refractivity contribution in [2.45, 2.75) is 38.8 Å². The normalized spacial score (nSPS) is 20.1. The van der Waals surface area contributed by atoms with Gasteiger partial charge in [0.25, 0.3) is 0 Å². The molecule has 1 aromatic heterocycles. The average molecular weight is 269 g/mol. The summed E-state index contributed by atoms with van der Waals surface area (Å²) in [5.74, 6) is 0. The number of likely N-dealkylation sites (N-methyl/N-ethyl adjacent to an activating group) is 1. The molecular formula is C13H23N3OS. The molecule has 0 saturated carbocycles. The third kappa shape index (κ3) is 3.43. The van der Waals surface area contributed by atoms with Gasteiger partial charge >= 0.3 is 0 Å². The lowest BCUT2D eigenvalue weighted by Gasteiger charge is -2.27. The summed E-state index contributed by atoms with van der Waals surface area (Å²) in [7, 11) is 4.08. The molecule has 5 heteroatoms. The van der Waals surface area contributed by atoms with Gasteiger partial charge in [-0.25, -0.2) is 4.98 Å². The zero-order chi connectivity index (χ0) is 13.0. The molecule has 0 aromatic carbocycles. The van der Waals surface area contributed by atoms with Crippen molar-refractivity contribution in [1.82, 2.24) is 10.3 Å². The van der Waals surface area contributed by atoms with Gasteiger partial charge in [0.1, 0.15) is 0 Å². The Bertz CT molecular complexity index is 374. The van der Waals surface area contributed by atoms with E-state index >= 15 is 0 Å². The van der Waals surface area contributed by atoms with Crippen LogP contribution in [0.15, 0.2) is 0 Å². The summed E-state index contributed by atoms with van der Waals surface area (Å²) in [6.07, 6.45) is 4.06. The van der Waals surface area contributed by atoms with Gasteiger partial charge in [-0.05, 0) is 33.2 Å². The Morgan fingerprint density at radius 2 is 2.33 bits per heavy atom. The van der Waals surface area contributed by atoms with Gasteiger partial charge in [0.2, 0.25) is 0 Å². The lowest BCUT2D eigenvalue weighted by molar-refractivity contribution is 0.0216. The number of hydrogen-bond donors (Lipinski definition) is 1. The van der Waals surface area contributed by atoms with Crippen molar-refractivity contribution in [2.75, 3.05) is 32.1 Å². The molecule has 0 radical (unpaired) electrons. The van der Waals surface area contributed by atoms with Crippen LogP contribution in [0.5, 0.6) is 0 Å². The Kier molecular flexibility index (Phi) is 4.97. The molecule has 1 unspecified atom stereocenters. The molecule has 102 valence electrons. The molecule has 1 aliphatic heterocycles. The number of nitrogens with zero attached hydrogens (tertiary/aromatic N) is 2. The number of ether oxygens (including phenoxy) is 1. The van der Waals surface area contributed by atoms with Crippen molar-refractivity contribution in [3.8, 4) is 0 Å². The van der Waals surface area contributed by atoms with E-state index in [1.54, 1.807) is 11.3 Å². The summed E-state index contributed by atoms with van der Waals surface area (Å²) < 4.78 is 5.78. The summed E-state index contributed by atoms with van der Waals surface area (Å²) in [6, 6.07) is 0. The smallest absolute Gasteiger partial charge is 0.185 e. The van der Waals surface area contributed by atoms with Gasteiger partial charge in [-0.1, -0.05) is 0 Å². The van der Waals surface area contributed by atoms with E-state index in [-0.39, 0.29) is 0 Å². The standard InChI is InChI=1S/C13H23N3OS/c1-10-12(8-14-2)18-13(15-10)16(3)9-11-6-4-5-7-17-11/h11,14H,4-9H2,1-3H3. The van der Waals surface area contributed by atoms with E-state index in [2.05, 4.69) is 29.2 Å². The number of aromatic nitrogens is 1. The molecule has 4 nitrogen and oxygen atoms in total. The van der Waals surface area contributed by atoms with E-state index in [1.807, 2.05) is 7.05 Å². The van der Waals surface area contributed by atoms with Crippen molar-refractivity contribution in [1.29, 1.82) is 0 Å². The Labute approximate surface area is 113 Å². The van der Waals surface area contributed by atoms with Crippen molar-refractivity contribution < 1.29 is 4.74 Å². The number of anilines is 1. The second-order valence-corrected chi connectivity index (χ2v) is 5.97. The lowest BCUT2D eigenvalue weighted by Crippen LogP contribution is -2.33. The Morgan fingerprint density at radius 1 is 1.50 bits per heavy atom. The SMILES string of the molecule is CNCc1sc(N(C)CC2CCCCO2)nc1C. The highest BCUT2D eigenvalue weighted by Crippen LogP contribution is 2.26. The fraction of sp³-hybridized carbons (Fsp3) is 0.769. The molecular weight excluding hydrogens is 246 g/mol. The predicted octanol–water partition coefficient (Wildman–Crippen LogP) is 2.18. The van der Waals surface area contributed by atoms with Crippen LogP contribution in [0.3, 0.4) is 0 Å². The number of thiazole rings is 1. The van der Waals surface area contributed by atoms with Crippen molar-refractivity contribution in [3.05, 3.63) is 10.6 Å². The Morgan fingerprint density at radius 3 is 3.00 bits per heavy atom. The molecule has 2 rings (SSSR count). The van der Waals surface area contributed by atoms with Gasteiger partial charge < -0.3 is 15.0 Å². The lowest BCUT2D eigenvalue weighted by atomic mass is 10.1. The minimum atomic E-state index is 0.376. The van der Waals surface area contributed by atoms with Gasteiger partial charge in [0.15, 0.2) is 5.13 Å². The second kappa shape index (κ2) is 6.50. The van der Waals surface area contributed by atoms with Gasteiger partial charge in [-0.15, -0.1) is 11.3 Å². The number of nitrogens with one attached hydrogen (secondary N) is 1. The number of aryl methyl sites for hydroxylation is 1. The van der Waals surface area contributed by atoms with Crippen LogP contribution in [0.25, 0.3) is 0 Å². The zero-order valence-electron chi connectivity index (χ0n) is 11.5. The first-order chi connectivity index (χ1) is 8.70. The minimum Gasteiger partial charge on any atom is -0.376 e. The van der Waals surface area contributed by atoms with Crippen molar-refractivity contribution in [3.63, 3.8) is 0 Å². The fourth-order valence-electron chi connectivity index (χ4n) is 2.24. The van der Waals surface area contributed by atoms with Crippen molar-refractivity contribution in [2.24, 2.45) is 0 Å². The molecule has 0 aliphatic carbocycles. The first-order valence-corrected chi connectivity index (χ1v) is 7.46. The highest BCUT2D eigenvalue weighted by Gasteiger charge is 2.18. The van der Waals surface area contributed by atoms with Crippen LogP contribution in [0.1, 0.15) is 29.8 Å². The van der Waals surface area contributed by atoms with Crippen LogP contribution < -0.4 is 10.2 Å². The molecule has 0 amide bonds. The summed E-state index contributed by atoms with van der Waals surface area (Å²) in [4.78, 5) is 8.20. The van der Waals surface area contributed by atoms with E-state index in [0.29, 0.717) is 6.10 Å². The molecule has 0 spiro atoms. The number of hydrogen-bond acceptors (Lipinski definition) is 5. The molecule has 1 aliphatic rings. The van der Waals surface area contributed by atoms with Crippen molar-refractivity contribution >= 4 is 16.5 Å². The molecule has 1 saturated heterocycles. The van der Waals surface area contributed by atoms with E-state index in [9.17, 15) is 0 Å². The quantitative estimate of drug-likeness (QED) is 0.889. The topological polar surface area (TPSA) is 37.4 Å². The van der Waals surface area contributed by atoms with E-state index in [1.165, 1.54) is 24.1 Å². The van der Waals surface area contributed by atoms with Gasteiger partial charge in [0.05, 0.1) is 11.8 Å². The molecule has 1 fully saturated rings. The largest absolute Gasteiger partial charge is 0.376 e. The summed E-state index contributed by atoms with van der Waals surface area (Å²) in [5.41, 5.74) is 1.14. The van der Waals surface area contributed by atoms with Crippen LogP contribution in [0, 0.1) is 6.92 Å². The molecule has 0 bridgehead atoms. The first kappa shape index (κ1) is 13.8. The van der Waals surface area contributed by atoms with Gasteiger partial charge in [0, 0.05) is 31.6 Å². The van der Waals surface area contributed by atoms with E-state index in [0.717, 1.165) is 30.5 Å².